The fourth-order valence-corrected chi connectivity index (χ4v) is 4.06. The minimum Gasteiger partial charge on any atom is -0.394 e. The molecule has 0 amide bonds. The summed E-state index contributed by atoms with van der Waals surface area (Å²) in [6.07, 6.45) is 2.67. The molecule has 0 spiro atoms. The summed E-state index contributed by atoms with van der Waals surface area (Å²) in [5, 5.41) is 8.70. The third kappa shape index (κ3) is 3.48. The number of rotatable bonds is 5. The Morgan fingerprint density at radius 3 is 2.75 bits per heavy atom. The van der Waals surface area contributed by atoms with E-state index in [4.69, 9.17) is 21.4 Å². The van der Waals surface area contributed by atoms with Crippen molar-refractivity contribution in [1.82, 2.24) is 9.29 Å². The lowest BCUT2D eigenvalue weighted by atomic mass is 10.1. The lowest BCUT2D eigenvalue weighted by Gasteiger charge is -2.31. The quantitative estimate of drug-likeness (QED) is 0.815. The van der Waals surface area contributed by atoms with Crippen LogP contribution >= 0.6 is 11.6 Å². The van der Waals surface area contributed by atoms with Gasteiger partial charge in [0.25, 0.3) is 0 Å². The Kier molecular flexibility index (Phi) is 5.34. The summed E-state index contributed by atoms with van der Waals surface area (Å²) in [6.45, 7) is 1.02. The van der Waals surface area contributed by atoms with Crippen LogP contribution in [0.25, 0.3) is 0 Å². The number of ether oxygens (including phenoxy) is 1. The van der Waals surface area contributed by atoms with E-state index in [0.29, 0.717) is 25.9 Å². The molecule has 2 rings (SSSR count). The second kappa shape index (κ2) is 6.82. The van der Waals surface area contributed by atoms with Crippen LogP contribution in [0.1, 0.15) is 12.8 Å². The van der Waals surface area contributed by atoms with Gasteiger partial charge in [-0.05, 0) is 25.0 Å². The van der Waals surface area contributed by atoms with Crippen molar-refractivity contribution in [3.05, 3.63) is 23.5 Å². The zero-order chi connectivity index (χ0) is 14.6. The molecular weight excluding hydrogens is 304 g/mol. The molecule has 0 saturated carbocycles. The van der Waals surface area contributed by atoms with Crippen LogP contribution < -0.4 is 0 Å². The SMILES string of the molecule is O=S(=O)(c1cccnc1Cl)N1CCC(OCCO)CC1. The van der Waals surface area contributed by atoms with Crippen molar-refractivity contribution in [3.8, 4) is 0 Å². The maximum absolute atomic E-state index is 12.4. The van der Waals surface area contributed by atoms with E-state index in [1.165, 1.54) is 16.6 Å². The van der Waals surface area contributed by atoms with Gasteiger partial charge in [0.2, 0.25) is 10.0 Å². The molecule has 0 aliphatic carbocycles. The number of sulfonamides is 1. The first-order valence-electron chi connectivity index (χ1n) is 6.39. The Bertz CT molecular complexity index is 544. The van der Waals surface area contributed by atoms with Gasteiger partial charge in [-0.1, -0.05) is 11.6 Å². The number of pyridine rings is 1. The molecule has 1 aromatic rings. The van der Waals surface area contributed by atoms with E-state index < -0.39 is 10.0 Å². The number of hydrogen-bond acceptors (Lipinski definition) is 5. The first-order chi connectivity index (χ1) is 9.55. The van der Waals surface area contributed by atoms with E-state index in [9.17, 15) is 8.42 Å². The van der Waals surface area contributed by atoms with Crippen LogP contribution in [0.4, 0.5) is 0 Å². The molecular formula is C12H17ClN2O4S. The fourth-order valence-electron chi connectivity index (χ4n) is 2.16. The van der Waals surface area contributed by atoms with Crippen LogP contribution in [0.3, 0.4) is 0 Å². The molecule has 8 heteroatoms. The molecule has 1 fully saturated rings. The van der Waals surface area contributed by atoms with Crippen molar-refractivity contribution >= 4 is 21.6 Å². The summed E-state index contributed by atoms with van der Waals surface area (Å²) < 4.78 is 31.7. The summed E-state index contributed by atoms with van der Waals surface area (Å²) in [5.74, 6) is 0. The molecule has 0 bridgehead atoms. The minimum absolute atomic E-state index is 0.00188. The number of aromatic nitrogens is 1. The molecule has 0 aromatic carbocycles. The van der Waals surface area contributed by atoms with Crippen LogP contribution in [-0.2, 0) is 14.8 Å². The first kappa shape index (κ1) is 15.7. The van der Waals surface area contributed by atoms with Gasteiger partial charge in [0.15, 0.2) is 0 Å². The second-order valence-electron chi connectivity index (χ2n) is 4.49. The Morgan fingerprint density at radius 1 is 1.45 bits per heavy atom. The van der Waals surface area contributed by atoms with Gasteiger partial charge in [0.05, 0.1) is 19.3 Å². The molecule has 1 aromatic heterocycles. The molecule has 0 unspecified atom stereocenters. The van der Waals surface area contributed by atoms with E-state index >= 15 is 0 Å². The van der Waals surface area contributed by atoms with Crippen LogP contribution in [0, 0.1) is 0 Å². The average molecular weight is 321 g/mol. The molecule has 0 atom stereocenters. The Balaban J connectivity index is 2.04. The molecule has 112 valence electrons. The van der Waals surface area contributed by atoms with E-state index in [-0.39, 0.29) is 29.4 Å². The molecule has 1 saturated heterocycles. The molecule has 2 heterocycles. The molecule has 1 N–H and O–H groups in total. The van der Waals surface area contributed by atoms with Gasteiger partial charge in [0.1, 0.15) is 10.0 Å². The summed E-state index contributed by atoms with van der Waals surface area (Å²) in [6, 6.07) is 3.01. The third-order valence-corrected chi connectivity index (χ3v) is 5.53. The Morgan fingerprint density at radius 2 is 2.15 bits per heavy atom. The van der Waals surface area contributed by atoms with Crippen molar-refractivity contribution in [3.63, 3.8) is 0 Å². The highest BCUT2D eigenvalue weighted by Crippen LogP contribution is 2.25. The highest BCUT2D eigenvalue weighted by molar-refractivity contribution is 7.89. The summed E-state index contributed by atoms with van der Waals surface area (Å²) in [7, 11) is -3.60. The highest BCUT2D eigenvalue weighted by atomic mass is 35.5. The maximum atomic E-state index is 12.4. The molecule has 20 heavy (non-hydrogen) atoms. The van der Waals surface area contributed by atoms with E-state index in [2.05, 4.69) is 4.98 Å². The summed E-state index contributed by atoms with van der Waals surface area (Å²) >= 11 is 5.86. The van der Waals surface area contributed by atoms with Crippen LogP contribution in [0.15, 0.2) is 23.2 Å². The van der Waals surface area contributed by atoms with Crippen molar-refractivity contribution < 1.29 is 18.3 Å². The van der Waals surface area contributed by atoms with E-state index in [0.717, 1.165) is 0 Å². The largest absolute Gasteiger partial charge is 0.394 e. The van der Waals surface area contributed by atoms with E-state index in [1.54, 1.807) is 6.07 Å². The zero-order valence-corrected chi connectivity index (χ0v) is 12.5. The van der Waals surface area contributed by atoms with Crippen molar-refractivity contribution in [1.29, 1.82) is 0 Å². The topological polar surface area (TPSA) is 79.7 Å². The number of halogens is 1. The second-order valence-corrected chi connectivity index (χ2v) is 6.75. The van der Waals surface area contributed by atoms with Gasteiger partial charge in [-0.3, -0.25) is 0 Å². The van der Waals surface area contributed by atoms with Crippen molar-refractivity contribution in [2.45, 2.75) is 23.8 Å². The third-order valence-electron chi connectivity index (χ3n) is 3.19. The number of nitrogens with zero attached hydrogens (tertiary/aromatic N) is 2. The van der Waals surface area contributed by atoms with Crippen LogP contribution in [-0.4, -0.2) is 55.2 Å². The van der Waals surface area contributed by atoms with Crippen molar-refractivity contribution in [2.24, 2.45) is 0 Å². The van der Waals surface area contributed by atoms with Gasteiger partial charge in [0, 0.05) is 19.3 Å². The first-order valence-corrected chi connectivity index (χ1v) is 8.20. The minimum atomic E-state index is -3.60. The van der Waals surface area contributed by atoms with Gasteiger partial charge in [-0.15, -0.1) is 0 Å². The number of aliphatic hydroxyl groups is 1. The molecule has 6 nitrogen and oxygen atoms in total. The lowest BCUT2D eigenvalue weighted by molar-refractivity contribution is 0.00318. The predicted octanol–water partition coefficient (Wildman–Crippen LogP) is 0.897. The average Bonchev–Trinajstić information content (AvgIpc) is 2.46. The summed E-state index contributed by atoms with van der Waals surface area (Å²) in [5.41, 5.74) is 0. The maximum Gasteiger partial charge on any atom is 0.246 e. The molecule has 1 aliphatic heterocycles. The lowest BCUT2D eigenvalue weighted by Crippen LogP contribution is -2.41. The van der Waals surface area contributed by atoms with Crippen LogP contribution in [0.2, 0.25) is 5.15 Å². The number of piperidine rings is 1. The summed E-state index contributed by atoms with van der Waals surface area (Å²) in [4.78, 5) is 3.84. The predicted molar refractivity (Wildman–Crippen MR) is 74.1 cm³/mol. The van der Waals surface area contributed by atoms with Crippen molar-refractivity contribution in [2.75, 3.05) is 26.3 Å². The van der Waals surface area contributed by atoms with Crippen LogP contribution in [0.5, 0.6) is 0 Å². The van der Waals surface area contributed by atoms with Gasteiger partial charge >= 0.3 is 0 Å². The number of hydrogen-bond donors (Lipinski definition) is 1. The van der Waals surface area contributed by atoms with Gasteiger partial charge in [-0.2, -0.15) is 4.31 Å². The monoisotopic (exact) mass is 320 g/mol. The Hall–Kier alpha value is -0.730. The fraction of sp³-hybridized carbons (Fsp3) is 0.583. The smallest absolute Gasteiger partial charge is 0.246 e. The Labute approximate surface area is 123 Å². The van der Waals surface area contributed by atoms with Gasteiger partial charge in [-0.25, -0.2) is 13.4 Å². The standard InChI is InChI=1S/C12H17ClN2O4S/c13-12-11(2-1-5-14-12)20(17,18)15-6-3-10(4-7-15)19-9-8-16/h1-2,5,10,16H,3-4,6-9H2. The normalized spacial score (nSPS) is 18.3. The van der Waals surface area contributed by atoms with E-state index in [1.807, 2.05) is 0 Å². The zero-order valence-electron chi connectivity index (χ0n) is 10.9. The highest BCUT2D eigenvalue weighted by Gasteiger charge is 2.31. The van der Waals surface area contributed by atoms with Gasteiger partial charge < -0.3 is 9.84 Å². The number of aliphatic hydroxyl groups excluding tert-OH is 1. The molecule has 0 radical (unpaired) electrons. The molecule has 1 aliphatic rings.